The molecule has 0 spiro atoms. The third-order valence-electron chi connectivity index (χ3n) is 5.64. The monoisotopic (exact) mass is 422 g/mol. The van der Waals surface area contributed by atoms with Crippen molar-refractivity contribution in [1.82, 2.24) is 15.0 Å². The van der Waals surface area contributed by atoms with Crippen molar-refractivity contribution in [2.24, 2.45) is 5.92 Å². The lowest BCUT2D eigenvalue weighted by Crippen LogP contribution is -2.16. The van der Waals surface area contributed by atoms with Crippen molar-refractivity contribution in [3.63, 3.8) is 0 Å². The van der Waals surface area contributed by atoms with Crippen molar-refractivity contribution in [3.05, 3.63) is 65.6 Å². The first kappa shape index (κ1) is 20.3. The normalized spacial score (nSPS) is 18.7. The van der Waals surface area contributed by atoms with Gasteiger partial charge in [-0.15, -0.1) is 0 Å². The Hall–Kier alpha value is -2.99. The fraction of sp³-hybridized carbons (Fsp3) is 0.304. The van der Waals surface area contributed by atoms with Crippen LogP contribution in [0, 0.1) is 5.92 Å². The first-order chi connectivity index (χ1) is 14.6. The third-order valence-corrected chi connectivity index (χ3v) is 5.87. The molecular formula is C23H23ClN4O2. The molecule has 3 aromatic rings. The van der Waals surface area contributed by atoms with E-state index in [0.29, 0.717) is 35.0 Å². The highest BCUT2D eigenvalue weighted by Crippen LogP contribution is 2.37. The Morgan fingerprint density at radius 2 is 1.63 bits per heavy atom. The molecule has 7 heteroatoms. The molecule has 154 valence electrons. The van der Waals surface area contributed by atoms with Crippen LogP contribution in [0.15, 0.2) is 55.0 Å². The average molecular weight is 423 g/mol. The van der Waals surface area contributed by atoms with Gasteiger partial charge in [0.05, 0.1) is 5.02 Å². The zero-order valence-corrected chi connectivity index (χ0v) is 17.2. The van der Waals surface area contributed by atoms with Gasteiger partial charge in [-0.2, -0.15) is 0 Å². The van der Waals surface area contributed by atoms with Gasteiger partial charge in [0.15, 0.2) is 0 Å². The minimum absolute atomic E-state index is 0.296. The van der Waals surface area contributed by atoms with Crippen molar-refractivity contribution in [2.75, 3.05) is 5.32 Å². The zero-order valence-electron chi connectivity index (χ0n) is 16.5. The van der Waals surface area contributed by atoms with Crippen LogP contribution in [0.1, 0.15) is 43.6 Å². The minimum Gasteiger partial charge on any atom is -0.481 e. The van der Waals surface area contributed by atoms with Crippen molar-refractivity contribution in [3.8, 4) is 11.1 Å². The van der Waals surface area contributed by atoms with E-state index in [4.69, 9.17) is 16.7 Å². The van der Waals surface area contributed by atoms with Crippen LogP contribution in [-0.2, 0) is 4.79 Å². The van der Waals surface area contributed by atoms with Gasteiger partial charge >= 0.3 is 5.97 Å². The molecule has 30 heavy (non-hydrogen) atoms. The van der Waals surface area contributed by atoms with Crippen LogP contribution in [0.25, 0.3) is 11.1 Å². The van der Waals surface area contributed by atoms with Gasteiger partial charge in [0.1, 0.15) is 5.82 Å². The highest BCUT2D eigenvalue weighted by molar-refractivity contribution is 6.30. The van der Waals surface area contributed by atoms with E-state index in [9.17, 15) is 4.79 Å². The summed E-state index contributed by atoms with van der Waals surface area (Å²) < 4.78 is 0. The Kier molecular flexibility index (Phi) is 6.23. The van der Waals surface area contributed by atoms with Gasteiger partial charge in [-0.25, -0.2) is 15.0 Å². The van der Waals surface area contributed by atoms with Crippen LogP contribution in [0.2, 0.25) is 5.02 Å². The molecule has 0 amide bonds. The molecule has 1 saturated carbocycles. The summed E-state index contributed by atoms with van der Waals surface area (Å²) in [6.45, 7) is 0. The number of benzene rings is 1. The molecule has 1 aliphatic rings. The maximum Gasteiger partial charge on any atom is 0.303 e. The number of nitrogens with zero attached hydrogens (tertiary/aromatic N) is 3. The summed E-state index contributed by atoms with van der Waals surface area (Å²) in [5, 5.41) is 12.6. The lowest BCUT2D eigenvalue weighted by molar-refractivity contribution is -0.138. The predicted octanol–water partition coefficient (Wildman–Crippen LogP) is 5.68. The summed E-state index contributed by atoms with van der Waals surface area (Å²) >= 11 is 5.85. The van der Waals surface area contributed by atoms with E-state index in [1.54, 1.807) is 30.7 Å². The molecule has 0 aliphatic heterocycles. The SMILES string of the molecule is O=C(O)CC1CCC(c2ccc(-c3cnc(Nc4ccc(Cl)cn4)nc3)cc2)CC1. The van der Waals surface area contributed by atoms with Crippen LogP contribution < -0.4 is 5.32 Å². The molecule has 2 heterocycles. The summed E-state index contributed by atoms with van der Waals surface area (Å²) in [5.74, 6) is 1.26. The molecule has 0 bridgehead atoms. The second kappa shape index (κ2) is 9.22. The molecule has 1 aromatic carbocycles. The van der Waals surface area contributed by atoms with Gasteiger partial charge < -0.3 is 10.4 Å². The Balaban J connectivity index is 1.37. The predicted molar refractivity (Wildman–Crippen MR) is 117 cm³/mol. The van der Waals surface area contributed by atoms with E-state index in [1.165, 1.54) is 5.56 Å². The number of halogens is 1. The molecule has 6 nitrogen and oxygen atoms in total. The number of carboxylic acid groups (broad SMARTS) is 1. The zero-order chi connectivity index (χ0) is 20.9. The first-order valence-electron chi connectivity index (χ1n) is 10.1. The van der Waals surface area contributed by atoms with E-state index in [2.05, 4.69) is 44.5 Å². The number of pyridine rings is 1. The number of aromatic nitrogens is 3. The number of rotatable bonds is 6. The van der Waals surface area contributed by atoms with Crippen LogP contribution in [0.5, 0.6) is 0 Å². The quantitative estimate of drug-likeness (QED) is 0.531. The number of aliphatic carboxylic acids is 1. The topological polar surface area (TPSA) is 88.0 Å². The Morgan fingerprint density at radius 1 is 0.933 bits per heavy atom. The van der Waals surface area contributed by atoms with E-state index in [-0.39, 0.29) is 0 Å². The maximum absolute atomic E-state index is 10.9. The van der Waals surface area contributed by atoms with Crippen molar-refractivity contribution >= 4 is 29.3 Å². The van der Waals surface area contributed by atoms with E-state index in [0.717, 1.165) is 36.8 Å². The van der Waals surface area contributed by atoms with Crippen LogP contribution in [-0.4, -0.2) is 26.0 Å². The molecule has 2 N–H and O–H groups in total. The Bertz CT molecular complexity index is 983. The average Bonchev–Trinajstić information content (AvgIpc) is 2.76. The van der Waals surface area contributed by atoms with Crippen molar-refractivity contribution < 1.29 is 9.90 Å². The molecule has 1 fully saturated rings. The highest BCUT2D eigenvalue weighted by atomic mass is 35.5. The summed E-state index contributed by atoms with van der Waals surface area (Å²) in [4.78, 5) is 23.8. The number of nitrogens with one attached hydrogen (secondary N) is 1. The third kappa shape index (κ3) is 5.13. The summed E-state index contributed by atoms with van der Waals surface area (Å²) in [7, 11) is 0. The van der Waals surface area contributed by atoms with Gasteiger partial charge in [-0.1, -0.05) is 35.9 Å². The number of anilines is 2. The second-order valence-electron chi connectivity index (χ2n) is 7.72. The standard InChI is InChI=1S/C23H23ClN4O2/c24-20-9-10-21(25-14-20)28-23-26-12-19(13-27-23)18-7-5-17(6-8-18)16-3-1-15(2-4-16)11-22(29)30/h5-10,12-16H,1-4,11H2,(H,29,30)(H,25,26,27,28). The summed E-state index contributed by atoms with van der Waals surface area (Å²) in [5.41, 5.74) is 3.33. The number of carbonyl (C=O) groups is 1. The Labute approximate surface area is 180 Å². The van der Waals surface area contributed by atoms with Gasteiger partial charge in [0.25, 0.3) is 0 Å². The van der Waals surface area contributed by atoms with Crippen LogP contribution in [0.4, 0.5) is 11.8 Å². The highest BCUT2D eigenvalue weighted by Gasteiger charge is 2.23. The fourth-order valence-electron chi connectivity index (χ4n) is 4.00. The molecule has 0 radical (unpaired) electrons. The molecule has 0 unspecified atom stereocenters. The van der Waals surface area contributed by atoms with Gasteiger partial charge in [0.2, 0.25) is 5.95 Å². The lowest BCUT2D eigenvalue weighted by atomic mass is 9.77. The summed E-state index contributed by atoms with van der Waals surface area (Å²) in [6, 6.07) is 12.1. The molecular weight excluding hydrogens is 400 g/mol. The smallest absolute Gasteiger partial charge is 0.303 e. The van der Waals surface area contributed by atoms with Crippen LogP contribution >= 0.6 is 11.6 Å². The molecule has 0 atom stereocenters. The second-order valence-corrected chi connectivity index (χ2v) is 8.16. The number of hydrogen-bond acceptors (Lipinski definition) is 5. The van der Waals surface area contributed by atoms with Crippen LogP contribution in [0.3, 0.4) is 0 Å². The Morgan fingerprint density at radius 3 is 2.23 bits per heavy atom. The molecule has 0 saturated heterocycles. The minimum atomic E-state index is -0.685. The van der Waals surface area contributed by atoms with E-state index < -0.39 is 5.97 Å². The van der Waals surface area contributed by atoms with E-state index in [1.807, 2.05) is 0 Å². The molecule has 2 aromatic heterocycles. The van der Waals surface area contributed by atoms with Crippen molar-refractivity contribution in [2.45, 2.75) is 38.0 Å². The molecule has 1 aliphatic carbocycles. The van der Waals surface area contributed by atoms with Gasteiger partial charge in [-0.3, -0.25) is 4.79 Å². The first-order valence-corrected chi connectivity index (χ1v) is 10.5. The lowest BCUT2D eigenvalue weighted by Gasteiger charge is -2.28. The largest absolute Gasteiger partial charge is 0.481 e. The number of hydrogen-bond donors (Lipinski definition) is 2. The number of carboxylic acids is 1. The fourth-order valence-corrected chi connectivity index (χ4v) is 4.11. The summed E-state index contributed by atoms with van der Waals surface area (Å²) in [6.07, 6.45) is 9.53. The van der Waals surface area contributed by atoms with Crippen molar-refractivity contribution in [1.29, 1.82) is 0 Å². The maximum atomic E-state index is 10.9. The van der Waals surface area contributed by atoms with Gasteiger partial charge in [0, 0.05) is 30.6 Å². The van der Waals surface area contributed by atoms with Gasteiger partial charge in [-0.05, 0) is 60.8 Å². The molecule has 4 rings (SSSR count). The van der Waals surface area contributed by atoms with E-state index >= 15 is 0 Å².